The molecular weight excluding hydrogens is 206 g/mol. The lowest BCUT2D eigenvalue weighted by Crippen LogP contribution is -2.37. The molecule has 1 aromatic rings. The van der Waals surface area contributed by atoms with Crippen LogP contribution in [-0.4, -0.2) is 16.5 Å². The lowest BCUT2D eigenvalue weighted by molar-refractivity contribution is -0.698. The second-order valence-corrected chi connectivity index (χ2v) is 4.60. The number of thioether (sulfide) groups is 1. The zero-order valence-electron chi connectivity index (χ0n) is 9.20. The maximum Gasteiger partial charge on any atom is 0.255 e. The number of H-pyrrole nitrogens is 1. The SMILES string of the molecule is CCCSCC[n+]1cc[nH]c1CCC#N. The second kappa shape index (κ2) is 7.36. The van der Waals surface area contributed by atoms with E-state index in [2.05, 4.69) is 28.7 Å². The van der Waals surface area contributed by atoms with Crippen molar-refractivity contribution in [2.45, 2.75) is 32.7 Å². The van der Waals surface area contributed by atoms with Gasteiger partial charge in [0.15, 0.2) is 0 Å². The van der Waals surface area contributed by atoms with Gasteiger partial charge in [-0.3, -0.25) is 0 Å². The number of nitrogens with zero attached hydrogens (tertiary/aromatic N) is 2. The Kier molecular flexibility index (Phi) is 5.94. The van der Waals surface area contributed by atoms with E-state index in [1.165, 1.54) is 12.2 Å². The van der Waals surface area contributed by atoms with Crippen molar-refractivity contribution in [3.63, 3.8) is 0 Å². The molecule has 0 atom stereocenters. The fourth-order valence-corrected chi connectivity index (χ4v) is 2.22. The lowest BCUT2D eigenvalue weighted by atomic mass is 10.3. The Hall–Kier alpha value is -0.950. The average Bonchev–Trinajstić information content (AvgIpc) is 2.69. The molecule has 3 nitrogen and oxygen atoms in total. The molecule has 0 radical (unpaired) electrons. The van der Waals surface area contributed by atoms with E-state index in [1.54, 1.807) is 0 Å². The normalized spacial score (nSPS) is 10.1. The quantitative estimate of drug-likeness (QED) is 0.568. The molecule has 1 rings (SSSR count). The van der Waals surface area contributed by atoms with Crippen molar-refractivity contribution in [2.24, 2.45) is 0 Å². The first-order chi connectivity index (χ1) is 7.38. The smallest absolute Gasteiger partial charge is 0.248 e. The first-order valence-corrected chi connectivity index (χ1v) is 6.54. The Morgan fingerprint density at radius 2 is 2.40 bits per heavy atom. The number of hydrogen-bond acceptors (Lipinski definition) is 2. The molecule has 0 spiro atoms. The third-order valence-electron chi connectivity index (χ3n) is 2.15. The minimum Gasteiger partial charge on any atom is -0.248 e. The number of nitrogens with one attached hydrogen (secondary N) is 1. The minimum atomic E-state index is 0.586. The predicted molar refractivity (Wildman–Crippen MR) is 62.5 cm³/mol. The van der Waals surface area contributed by atoms with E-state index in [4.69, 9.17) is 5.26 Å². The molecule has 0 aliphatic carbocycles. The van der Waals surface area contributed by atoms with E-state index < -0.39 is 0 Å². The number of aromatic nitrogens is 2. The van der Waals surface area contributed by atoms with Gasteiger partial charge in [-0.1, -0.05) is 6.92 Å². The molecule has 15 heavy (non-hydrogen) atoms. The van der Waals surface area contributed by atoms with Gasteiger partial charge in [0.05, 0.1) is 19.0 Å². The molecule has 0 aromatic carbocycles. The summed E-state index contributed by atoms with van der Waals surface area (Å²) in [5, 5.41) is 8.52. The van der Waals surface area contributed by atoms with E-state index in [1.807, 2.05) is 18.0 Å². The summed E-state index contributed by atoms with van der Waals surface area (Å²) < 4.78 is 2.21. The highest BCUT2D eigenvalue weighted by Gasteiger charge is 2.08. The fourth-order valence-electron chi connectivity index (χ4n) is 1.41. The fraction of sp³-hybridized carbons (Fsp3) is 0.636. The molecule has 82 valence electrons. The van der Waals surface area contributed by atoms with Gasteiger partial charge in [0, 0.05) is 12.2 Å². The van der Waals surface area contributed by atoms with Gasteiger partial charge in [0.2, 0.25) is 0 Å². The maximum absolute atomic E-state index is 8.52. The molecule has 0 amide bonds. The Bertz CT molecular complexity index is 314. The number of aryl methyl sites for hydroxylation is 2. The van der Waals surface area contributed by atoms with Gasteiger partial charge >= 0.3 is 0 Å². The molecular formula is C11H18N3S+. The first kappa shape index (κ1) is 12.1. The molecule has 1 N–H and O–H groups in total. The topological polar surface area (TPSA) is 43.5 Å². The summed E-state index contributed by atoms with van der Waals surface area (Å²) >= 11 is 1.98. The number of aromatic amines is 1. The number of hydrogen-bond donors (Lipinski definition) is 1. The molecule has 1 heterocycles. The summed E-state index contributed by atoms with van der Waals surface area (Å²) in [4.78, 5) is 3.18. The maximum atomic E-state index is 8.52. The summed E-state index contributed by atoms with van der Waals surface area (Å²) in [5.74, 6) is 3.54. The van der Waals surface area contributed by atoms with Crippen molar-refractivity contribution in [1.29, 1.82) is 5.26 Å². The molecule has 1 aromatic heterocycles. The number of imidazole rings is 1. The van der Waals surface area contributed by atoms with Crippen LogP contribution in [0.25, 0.3) is 0 Å². The average molecular weight is 224 g/mol. The van der Waals surface area contributed by atoms with Crippen molar-refractivity contribution < 1.29 is 4.57 Å². The lowest BCUT2D eigenvalue weighted by Gasteiger charge is -1.99. The summed E-state index contributed by atoms with van der Waals surface area (Å²) in [7, 11) is 0. The van der Waals surface area contributed by atoms with Crippen LogP contribution in [0, 0.1) is 11.3 Å². The van der Waals surface area contributed by atoms with Crippen LogP contribution < -0.4 is 4.57 Å². The van der Waals surface area contributed by atoms with Crippen LogP contribution in [0.3, 0.4) is 0 Å². The molecule has 4 heteroatoms. The summed E-state index contributed by atoms with van der Waals surface area (Å²) in [5.41, 5.74) is 0. The molecule has 0 aliphatic rings. The summed E-state index contributed by atoms with van der Waals surface area (Å²) in [6.45, 7) is 3.24. The van der Waals surface area contributed by atoms with Crippen molar-refractivity contribution in [3.8, 4) is 6.07 Å². The Morgan fingerprint density at radius 3 is 3.13 bits per heavy atom. The Labute approximate surface area is 95.5 Å². The molecule has 0 bridgehead atoms. The largest absolute Gasteiger partial charge is 0.255 e. The molecule has 0 saturated heterocycles. The van der Waals surface area contributed by atoms with Crippen molar-refractivity contribution in [1.82, 2.24) is 4.98 Å². The van der Waals surface area contributed by atoms with Gasteiger partial charge in [-0.2, -0.15) is 17.0 Å². The van der Waals surface area contributed by atoms with Crippen LogP contribution in [0.5, 0.6) is 0 Å². The van der Waals surface area contributed by atoms with Crippen LogP contribution in [0.4, 0.5) is 0 Å². The van der Waals surface area contributed by atoms with Crippen LogP contribution in [0.15, 0.2) is 12.4 Å². The first-order valence-electron chi connectivity index (χ1n) is 5.39. The second-order valence-electron chi connectivity index (χ2n) is 3.37. The summed E-state index contributed by atoms with van der Waals surface area (Å²) in [6, 6.07) is 2.17. The van der Waals surface area contributed by atoms with Crippen LogP contribution in [0.2, 0.25) is 0 Å². The number of nitriles is 1. The highest BCUT2D eigenvalue weighted by molar-refractivity contribution is 7.99. The van der Waals surface area contributed by atoms with E-state index in [0.29, 0.717) is 6.42 Å². The van der Waals surface area contributed by atoms with Crippen molar-refractivity contribution in [2.75, 3.05) is 11.5 Å². The van der Waals surface area contributed by atoms with Gasteiger partial charge in [-0.05, 0) is 12.2 Å². The molecule has 0 aliphatic heterocycles. The Morgan fingerprint density at radius 1 is 1.53 bits per heavy atom. The van der Waals surface area contributed by atoms with Crippen molar-refractivity contribution in [3.05, 3.63) is 18.2 Å². The van der Waals surface area contributed by atoms with Crippen molar-refractivity contribution >= 4 is 11.8 Å². The van der Waals surface area contributed by atoms with E-state index >= 15 is 0 Å². The number of rotatable bonds is 7. The molecule has 0 unspecified atom stereocenters. The van der Waals surface area contributed by atoms with E-state index in [0.717, 1.165) is 24.5 Å². The van der Waals surface area contributed by atoms with E-state index in [9.17, 15) is 0 Å². The highest BCUT2D eigenvalue weighted by Crippen LogP contribution is 2.01. The third kappa shape index (κ3) is 4.39. The van der Waals surface area contributed by atoms with Crippen LogP contribution in [0.1, 0.15) is 25.6 Å². The van der Waals surface area contributed by atoms with Crippen LogP contribution >= 0.6 is 11.8 Å². The van der Waals surface area contributed by atoms with Gasteiger partial charge in [-0.15, -0.1) is 0 Å². The molecule has 0 fully saturated rings. The van der Waals surface area contributed by atoms with Gasteiger partial charge in [-0.25, -0.2) is 9.55 Å². The Balaban J connectivity index is 2.33. The zero-order valence-corrected chi connectivity index (χ0v) is 10.0. The van der Waals surface area contributed by atoms with Gasteiger partial charge in [0.25, 0.3) is 5.82 Å². The molecule has 0 saturated carbocycles. The monoisotopic (exact) mass is 224 g/mol. The standard InChI is InChI=1S/C11H17N3S/c1-2-9-15-10-8-14-7-6-13-11(14)4-3-5-12/h6-7H,2-4,8-10H2,1H3/p+1. The van der Waals surface area contributed by atoms with Gasteiger partial charge < -0.3 is 0 Å². The summed E-state index contributed by atoms with van der Waals surface area (Å²) in [6.07, 6.45) is 6.64. The zero-order chi connectivity index (χ0) is 10.9. The van der Waals surface area contributed by atoms with E-state index in [-0.39, 0.29) is 0 Å². The third-order valence-corrected chi connectivity index (χ3v) is 3.32. The highest BCUT2D eigenvalue weighted by atomic mass is 32.2. The van der Waals surface area contributed by atoms with Crippen LogP contribution in [-0.2, 0) is 13.0 Å². The predicted octanol–water partition coefficient (Wildman–Crippen LogP) is 1.90. The minimum absolute atomic E-state index is 0.586. The van der Waals surface area contributed by atoms with Gasteiger partial charge in [0.1, 0.15) is 12.4 Å².